The van der Waals surface area contributed by atoms with E-state index in [2.05, 4.69) is 19.9 Å². The standard InChI is InChI=1S/C14H24/c1-3-13-9-12-8-7-11(2)5-4-6-14(13)10-12/h10-11,13-14H,3-9H2,1-2H3. The lowest BCUT2D eigenvalue weighted by Gasteiger charge is -2.19. The lowest BCUT2D eigenvalue weighted by atomic mass is 9.86. The molecule has 0 fully saturated rings. The van der Waals surface area contributed by atoms with E-state index in [1.54, 1.807) is 5.57 Å². The first kappa shape index (κ1) is 10.3. The van der Waals surface area contributed by atoms with Gasteiger partial charge in [-0.25, -0.2) is 0 Å². The molecule has 0 saturated carbocycles. The number of fused-ring (bicyclic) bond motifs is 1. The second kappa shape index (κ2) is 4.51. The highest BCUT2D eigenvalue weighted by Crippen LogP contribution is 2.40. The van der Waals surface area contributed by atoms with E-state index in [4.69, 9.17) is 0 Å². The zero-order chi connectivity index (χ0) is 9.97. The predicted octanol–water partition coefficient (Wildman–Crippen LogP) is 4.56. The third-order valence-corrected chi connectivity index (χ3v) is 4.30. The van der Waals surface area contributed by atoms with Gasteiger partial charge in [0.2, 0.25) is 0 Å². The second-order valence-electron chi connectivity index (χ2n) is 5.44. The number of hydrogen-bond acceptors (Lipinski definition) is 0. The molecular weight excluding hydrogens is 168 g/mol. The van der Waals surface area contributed by atoms with E-state index >= 15 is 0 Å². The van der Waals surface area contributed by atoms with Crippen LogP contribution >= 0.6 is 0 Å². The Balaban J connectivity index is 2.00. The Morgan fingerprint density at radius 3 is 2.93 bits per heavy atom. The minimum absolute atomic E-state index is 0.945. The summed E-state index contributed by atoms with van der Waals surface area (Å²) >= 11 is 0. The van der Waals surface area contributed by atoms with Crippen molar-refractivity contribution in [1.82, 2.24) is 0 Å². The summed E-state index contributed by atoms with van der Waals surface area (Å²) in [7, 11) is 0. The van der Waals surface area contributed by atoms with Crippen LogP contribution in [0.5, 0.6) is 0 Å². The van der Waals surface area contributed by atoms with E-state index in [0.29, 0.717) is 0 Å². The molecule has 0 radical (unpaired) electrons. The number of hydrogen-bond donors (Lipinski definition) is 0. The molecule has 2 aliphatic rings. The van der Waals surface area contributed by atoms with Crippen molar-refractivity contribution in [1.29, 1.82) is 0 Å². The average molecular weight is 192 g/mol. The third-order valence-electron chi connectivity index (χ3n) is 4.30. The Bertz CT molecular complexity index is 214. The van der Waals surface area contributed by atoms with Crippen molar-refractivity contribution in [3.63, 3.8) is 0 Å². The Hall–Kier alpha value is -0.260. The third kappa shape index (κ3) is 2.21. The van der Waals surface area contributed by atoms with Crippen LogP contribution in [0.3, 0.4) is 0 Å². The van der Waals surface area contributed by atoms with Crippen LogP contribution in [-0.4, -0.2) is 0 Å². The van der Waals surface area contributed by atoms with Crippen LogP contribution in [0.15, 0.2) is 11.6 Å². The molecule has 0 aromatic carbocycles. The minimum Gasteiger partial charge on any atom is -0.0819 e. The monoisotopic (exact) mass is 192 g/mol. The van der Waals surface area contributed by atoms with Crippen molar-refractivity contribution in [3.05, 3.63) is 11.6 Å². The maximum atomic E-state index is 2.63. The highest BCUT2D eigenvalue weighted by Gasteiger charge is 2.26. The molecular formula is C14H24. The fourth-order valence-electron chi connectivity index (χ4n) is 3.22. The molecule has 2 aliphatic carbocycles. The van der Waals surface area contributed by atoms with E-state index in [9.17, 15) is 0 Å². The maximum Gasteiger partial charge on any atom is -0.0200 e. The van der Waals surface area contributed by atoms with Gasteiger partial charge in [-0.3, -0.25) is 0 Å². The van der Waals surface area contributed by atoms with E-state index < -0.39 is 0 Å². The summed E-state index contributed by atoms with van der Waals surface area (Å²) in [5, 5.41) is 0. The molecule has 0 aliphatic heterocycles. The van der Waals surface area contributed by atoms with Gasteiger partial charge < -0.3 is 0 Å². The molecule has 0 amide bonds. The van der Waals surface area contributed by atoms with Crippen molar-refractivity contribution >= 4 is 0 Å². The molecule has 0 heterocycles. The zero-order valence-corrected chi connectivity index (χ0v) is 9.76. The molecule has 14 heavy (non-hydrogen) atoms. The highest BCUT2D eigenvalue weighted by atomic mass is 14.3. The van der Waals surface area contributed by atoms with Crippen molar-refractivity contribution in [2.75, 3.05) is 0 Å². The van der Waals surface area contributed by atoms with Gasteiger partial charge in [-0.1, -0.05) is 44.8 Å². The topological polar surface area (TPSA) is 0 Å². The summed E-state index contributed by atoms with van der Waals surface area (Å²) < 4.78 is 0. The first-order valence-electron chi connectivity index (χ1n) is 6.49. The van der Waals surface area contributed by atoms with Gasteiger partial charge in [0, 0.05) is 0 Å². The van der Waals surface area contributed by atoms with Crippen molar-refractivity contribution in [2.45, 2.75) is 58.8 Å². The molecule has 0 N–H and O–H groups in total. The average Bonchev–Trinajstić information content (AvgIpc) is 2.60. The Morgan fingerprint density at radius 2 is 2.14 bits per heavy atom. The molecule has 0 aromatic heterocycles. The quantitative estimate of drug-likeness (QED) is 0.534. The Kier molecular flexibility index (Phi) is 3.30. The molecule has 2 rings (SSSR count). The predicted molar refractivity (Wildman–Crippen MR) is 62.2 cm³/mol. The molecule has 0 saturated heterocycles. The first-order valence-corrected chi connectivity index (χ1v) is 6.49. The molecule has 3 unspecified atom stereocenters. The van der Waals surface area contributed by atoms with E-state index in [1.807, 2.05) is 0 Å². The van der Waals surface area contributed by atoms with Crippen LogP contribution in [0.4, 0.5) is 0 Å². The second-order valence-corrected chi connectivity index (χ2v) is 5.44. The molecule has 0 spiro atoms. The van der Waals surface area contributed by atoms with Gasteiger partial charge in [-0.2, -0.15) is 0 Å². The zero-order valence-electron chi connectivity index (χ0n) is 9.76. The first-order chi connectivity index (χ1) is 6.79. The van der Waals surface area contributed by atoms with Gasteiger partial charge in [0.05, 0.1) is 0 Å². The smallest absolute Gasteiger partial charge is 0.0200 e. The van der Waals surface area contributed by atoms with Crippen LogP contribution in [0.1, 0.15) is 58.8 Å². The van der Waals surface area contributed by atoms with Gasteiger partial charge in [0.1, 0.15) is 0 Å². The van der Waals surface area contributed by atoms with Crippen molar-refractivity contribution < 1.29 is 0 Å². The largest absolute Gasteiger partial charge is 0.0819 e. The molecule has 0 aromatic rings. The molecule has 2 bridgehead atoms. The van der Waals surface area contributed by atoms with Crippen LogP contribution < -0.4 is 0 Å². The summed E-state index contributed by atoms with van der Waals surface area (Å²) in [5.41, 5.74) is 1.79. The van der Waals surface area contributed by atoms with Gasteiger partial charge in [0.25, 0.3) is 0 Å². The van der Waals surface area contributed by atoms with E-state index in [1.165, 1.54) is 44.9 Å². The van der Waals surface area contributed by atoms with E-state index in [-0.39, 0.29) is 0 Å². The lowest BCUT2D eigenvalue weighted by molar-refractivity contribution is 0.349. The Morgan fingerprint density at radius 1 is 1.29 bits per heavy atom. The highest BCUT2D eigenvalue weighted by molar-refractivity contribution is 5.14. The summed E-state index contributed by atoms with van der Waals surface area (Å²) in [5.74, 6) is 2.91. The van der Waals surface area contributed by atoms with Crippen molar-refractivity contribution in [2.24, 2.45) is 17.8 Å². The van der Waals surface area contributed by atoms with Gasteiger partial charge in [-0.05, 0) is 43.4 Å². The van der Waals surface area contributed by atoms with Crippen molar-refractivity contribution in [3.8, 4) is 0 Å². The molecule has 0 nitrogen and oxygen atoms in total. The van der Waals surface area contributed by atoms with Crippen LogP contribution in [0.25, 0.3) is 0 Å². The fraction of sp³-hybridized carbons (Fsp3) is 0.857. The van der Waals surface area contributed by atoms with Gasteiger partial charge in [0.15, 0.2) is 0 Å². The molecule has 3 atom stereocenters. The number of allylic oxidation sites excluding steroid dienone is 2. The fourth-order valence-corrected chi connectivity index (χ4v) is 3.22. The normalized spacial score (nSPS) is 38.4. The summed E-state index contributed by atoms with van der Waals surface area (Å²) in [4.78, 5) is 0. The van der Waals surface area contributed by atoms with E-state index in [0.717, 1.165) is 17.8 Å². The summed E-state index contributed by atoms with van der Waals surface area (Å²) in [6.07, 6.45) is 12.7. The lowest BCUT2D eigenvalue weighted by Crippen LogP contribution is -2.08. The summed E-state index contributed by atoms with van der Waals surface area (Å²) in [6.45, 7) is 4.79. The SMILES string of the molecule is CCC1CC2=CC1CCCC(C)CC2. The molecule has 0 heteroatoms. The Labute approximate surface area is 88.8 Å². The number of rotatable bonds is 1. The van der Waals surface area contributed by atoms with Crippen LogP contribution in [-0.2, 0) is 0 Å². The van der Waals surface area contributed by atoms with Gasteiger partial charge >= 0.3 is 0 Å². The van der Waals surface area contributed by atoms with Gasteiger partial charge in [-0.15, -0.1) is 0 Å². The maximum absolute atomic E-state index is 2.63. The van der Waals surface area contributed by atoms with Crippen LogP contribution in [0, 0.1) is 17.8 Å². The minimum atomic E-state index is 0.945. The van der Waals surface area contributed by atoms with Crippen LogP contribution in [0.2, 0.25) is 0 Å². The molecule has 80 valence electrons. The summed E-state index contributed by atoms with van der Waals surface area (Å²) in [6, 6.07) is 0.